The molecule has 0 N–H and O–H groups in total. The Kier molecular flexibility index (Phi) is 3.42. The lowest BCUT2D eigenvalue weighted by Gasteiger charge is -2.07. The Hall–Kier alpha value is -0.710. The number of hydrogen-bond donors (Lipinski definition) is 0. The van der Waals surface area contributed by atoms with Gasteiger partial charge in [-0.15, -0.1) is 0 Å². The largest absolute Gasteiger partial charge is 0.416 e. The van der Waals surface area contributed by atoms with E-state index in [9.17, 15) is 13.2 Å². The average Bonchev–Trinajstić information content (AvgIpc) is 2.07. The minimum Gasteiger partial charge on any atom is -0.194 e. The van der Waals surface area contributed by atoms with Gasteiger partial charge in [0.15, 0.2) is 0 Å². The van der Waals surface area contributed by atoms with E-state index < -0.39 is 11.7 Å². The van der Waals surface area contributed by atoms with Crippen molar-refractivity contribution in [1.82, 2.24) is 0 Å². The van der Waals surface area contributed by atoms with E-state index >= 15 is 0 Å². The molecule has 0 heterocycles. The number of nitrogens with zero attached hydrogens (tertiary/aromatic N) is 1. The Morgan fingerprint density at radius 3 is 2.43 bits per heavy atom. The third-order valence-electron chi connectivity index (χ3n) is 1.44. The molecule has 0 aliphatic carbocycles. The van der Waals surface area contributed by atoms with Crippen molar-refractivity contribution in [2.24, 2.45) is 4.99 Å². The number of alkyl halides is 3. The van der Waals surface area contributed by atoms with E-state index in [4.69, 9.17) is 0 Å². The first kappa shape index (κ1) is 11.4. The van der Waals surface area contributed by atoms with Crippen LogP contribution in [0, 0.1) is 0 Å². The lowest BCUT2D eigenvalue weighted by Crippen LogP contribution is -2.04. The van der Waals surface area contributed by atoms with Crippen LogP contribution in [0.1, 0.15) is 5.56 Å². The molecule has 0 radical (unpaired) electrons. The molecule has 0 aromatic heterocycles. The van der Waals surface area contributed by atoms with E-state index in [0.717, 1.165) is 12.1 Å². The van der Waals surface area contributed by atoms with Crippen LogP contribution in [0.3, 0.4) is 0 Å². The van der Waals surface area contributed by atoms with Crippen LogP contribution >= 0.6 is 28.1 Å². The molecule has 0 fully saturated rings. The Labute approximate surface area is 91.8 Å². The predicted molar refractivity (Wildman–Crippen MR) is 53.8 cm³/mol. The van der Waals surface area contributed by atoms with Gasteiger partial charge >= 0.3 is 6.18 Å². The van der Waals surface area contributed by atoms with Crippen molar-refractivity contribution in [3.05, 3.63) is 28.2 Å². The van der Waals surface area contributed by atoms with Gasteiger partial charge in [-0.05, 0) is 46.3 Å². The topological polar surface area (TPSA) is 12.4 Å². The molecular weight excluding hydrogens is 279 g/mol. The normalized spacial score (nSPS) is 10.9. The maximum Gasteiger partial charge on any atom is 0.416 e. The predicted octanol–water partition coefficient (Wildman–Crippen LogP) is 4.20. The average molecular weight is 282 g/mol. The highest BCUT2D eigenvalue weighted by molar-refractivity contribution is 9.10. The van der Waals surface area contributed by atoms with Crippen LogP contribution in [0.5, 0.6) is 0 Å². The second kappa shape index (κ2) is 4.21. The van der Waals surface area contributed by atoms with Crippen LogP contribution in [-0.2, 0) is 6.18 Å². The summed E-state index contributed by atoms with van der Waals surface area (Å²) in [4.78, 5) is 3.58. The molecule has 74 valence electrons. The lowest BCUT2D eigenvalue weighted by atomic mass is 10.2. The molecule has 1 aromatic rings. The van der Waals surface area contributed by atoms with Crippen LogP contribution in [-0.4, -0.2) is 5.16 Å². The summed E-state index contributed by atoms with van der Waals surface area (Å²) in [6.45, 7) is 0. The molecule has 0 saturated heterocycles. The van der Waals surface area contributed by atoms with Crippen LogP contribution in [0.15, 0.2) is 27.7 Å². The van der Waals surface area contributed by atoms with Crippen molar-refractivity contribution < 1.29 is 13.2 Å². The fraction of sp³-hybridized carbons (Fsp3) is 0.125. The maximum atomic E-state index is 12.2. The minimum atomic E-state index is -4.34. The summed E-state index contributed by atoms with van der Waals surface area (Å²) in [5.41, 5.74) is -0.402. The monoisotopic (exact) mass is 281 g/mol. The van der Waals surface area contributed by atoms with Gasteiger partial charge in [-0.1, -0.05) is 0 Å². The summed E-state index contributed by atoms with van der Waals surface area (Å²) in [6, 6.07) is 3.12. The van der Waals surface area contributed by atoms with Gasteiger partial charge in [0.25, 0.3) is 0 Å². The standard InChI is InChI=1S/C8H3BrF3NS/c9-6-3-5(8(10,11)12)1-2-7(6)13-4-14/h1-3H. The minimum absolute atomic E-state index is 0.240. The third kappa shape index (κ3) is 2.64. The number of aliphatic imine (C=N–C) groups is 1. The Bertz CT molecular complexity index is 396. The van der Waals surface area contributed by atoms with Crippen LogP contribution in [0.4, 0.5) is 18.9 Å². The van der Waals surface area contributed by atoms with Crippen molar-refractivity contribution in [1.29, 1.82) is 0 Å². The zero-order valence-electron chi connectivity index (χ0n) is 6.60. The Balaban J connectivity index is 3.19. The van der Waals surface area contributed by atoms with E-state index in [1.54, 1.807) is 0 Å². The number of isothiocyanates is 1. The molecule has 1 rings (SSSR count). The highest BCUT2D eigenvalue weighted by atomic mass is 79.9. The van der Waals surface area contributed by atoms with E-state index in [1.807, 2.05) is 0 Å². The van der Waals surface area contributed by atoms with Crippen molar-refractivity contribution in [2.45, 2.75) is 6.18 Å². The number of hydrogen-bond acceptors (Lipinski definition) is 2. The summed E-state index contributed by atoms with van der Waals surface area (Å²) in [7, 11) is 0. The van der Waals surface area contributed by atoms with Gasteiger partial charge in [-0.25, -0.2) is 0 Å². The second-order valence-corrected chi connectivity index (χ2v) is 3.40. The number of benzene rings is 1. The van der Waals surface area contributed by atoms with Crippen LogP contribution in [0.2, 0.25) is 0 Å². The molecule has 0 bridgehead atoms. The highest BCUT2D eigenvalue weighted by Gasteiger charge is 2.30. The molecule has 0 unspecified atom stereocenters. The van der Waals surface area contributed by atoms with Gasteiger partial charge in [0.2, 0.25) is 0 Å². The van der Waals surface area contributed by atoms with Crippen molar-refractivity contribution in [3.8, 4) is 0 Å². The van der Waals surface area contributed by atoms with Gasteiger partial charge in [-0.2, -0.15) is 18.2 Å². The molecule has 1 nitrogen and oxygen atoms in total. The zero-order valence-corrected chi connectivity index (χ0v) is 9.00. The molecule has 0 aliphatic rings. The SMILES string of the molecule is FC(F)(F)c1ccc(N=C=S)c(Br)c1. The first-order valence-corrected chi connectivity index (χ1v) is 4.60. The smallest absolute Gasteiger partial charge is 0.194 e. The number of rotatable bonds is 1. The quantitative estimate of drug-likeness (QED) is 0.555. The molecule has 14 heavy (non-hydrogen) atoms. The summed E-state index contributed by atoms with van der Waals surface area (Å²) >= 11 is 7.30. The van der Waals surface area contributed by atoms with Crippen molar-refractivity contribution in [2.75, 3.05) is 0 Å². The molecule has 0 spiro atoms. The number of thiocarbonyl (C=S) groups is 1. The zero-order chi connectivity index (χ0) is 10.8. The molecular formula is C8H3BrF3NS. The van der Waals surface area contributed by atoms with E-state index in [2.05, 4.69) is 38.3 Å². The molecule has 0 amide bonds. The maximum absolute atomic E-state index is 12.2. The van der Waals surface area contributed by atoms with Crippen molar-refractivity contribution in [3.63, 3.8) is 0 Å². The Morgan fingerprint density at radius 2 is 2.00 bits per heavy atom. The molecule has 1 aromatic carbocycles. The summed E-state index contributed by atoms with van der Waals surface area (Å²) < 4.78 is 36.8. The lowest BCUT2D eigenvalue weighted by molar-refractivity contribution is -0.137. The highest BCUT2D eigenvalue weighted by Crippen LogP contribution is 2.34. The number of halogens is 4. The summed E-state index contributed by atoms with van der Waals surface area (Å²) in [5.74, 6) is 0. The fourth-order valence-electron chi connectivity index (χ4n) is 0.823. The van der Waals surface area contributed by atoms with Crippen LogP contribution < -0.4 is 0 Å². The van der Waals surface area contributed by atoms with Gasteiger partial charge < -0.3 is 0 Å². The van der Waals surface area contributed by atoms with Gasteiger partial charge in [0.05, 0.1) is 16.4 Å². The molecule has 0 atom stereocenters. The van der Waals surface area contributed by atoms with Gasteiger partial charge in [0, 0.05) is 4.47 Å². The first-order valence-electron chi connectivity index (χ1n) is 3.40. The van der Waals surface area contributed by atoms with Gasteiger partial charge in [-0.3, -0.25) is 0 Å². The molecule has 6 heteroatoms. The molecule has 0 saturated carbocycles. The molecule has 0 aliphatic heterocycles. The third-order valence-corrected chi connectivity index (χ3v) is 2.17. The van der Waals surface area contributed by atoms with E-state index in [-0.39, 0.29) is 4.47 Å². The summed E-state index contributed by atoms with van der Waals surface area (Å²) in [6.07, 6.45) is -4.34. The second-order valence-electron chi connectivity index (χ2n) is 2.37. The van der Waals surface area contributed by atoms with Gasteiger partial charge in [0.1, 0.15) is 0 Å². The fourth-order valence-corrected chi connectivity index (χ4v) is 1.39. The first-order chi connectivity index (χ1) is 6.45. The van der Waals surface area contributed by atoms with Crippen LogP contribution in [0.25, 0.3) is 0 Å². The van der Waals surface area contributed by atoms with E-state index in [0.29, 0.717) is 5.69 Å². The Morgan fingerprint density at radius 1 is 1.36 bits per heavy atom. The van der Waals surface area contributed by atoms with E-state index in [1.165, 1.54) is 6.07 Å². The van der Waals surface area contributed by atoms with Crippen molar-refractivity contribution >= 4 is 39.0 Å². The summed E-state index contributed by atoms with van der Waals surface area (Å²) in [5, 5.41) is 2.08.